The van der Waals surface area contributed by atoms with Gasteiger partial charge in [-0.2, -0.15) is 0 Å². The SMILES string of the molecule is Cc1nnc(N2CCCC(N)C2)n(Cc2cc(F)ccc2Cl)c1=O. The van der Waals surface area contributed by atoms with Gasteiger partial charge in [-0.15, -0.1) is 10.2 Å². The third-order valence-electron chi connectivity index (χ3n) is 4.16. The Morgan fingerprint density at radius 2 is 2.21 bits per heavy atom. The molecule has 1 aromatic heterocycles. The highest BCUT2D eigenvalue weighted by Crippen LogP contribution is 2.21. The minimum Gasteiger partial charge on any atom is -0.339 e. The van der Waals surface area contributed by atoms with Crippen LogP contribution in [-0.2, 0) is 6.54 Å². The van der Waals surface area contributed by atoms with E-state index in [-0.39, 0.29) is 23.8 Å². The van der Waals surface area contributed by atoms with Crippen LogP contribution < -0.4 is 16.2 Å². The van der Waals surface area contributed by atoms with Gasteiger partial charge in [-0.3, -0.25) is 9.36 Å². The number of benzene rings is 1. The standard InChI is InChI=1S/C16H19ClFN5O/c1-10-15(24)23(8-11-7-12(18)4-5-14(11)17)16(21-20-10)22-6-2-3-13(19)9-22/h4-5,7,13H,2-3,6,8-9,19H2,1H3. The van der Waals surface area contributed by atoms with E-state index in [1.54, 1.807) is 6.92 Å². The van der Waals surface area contributed by atoms with Gasteiger partial charge in [0.2, 0.25) is 5.95 Å². The van der Waals surface area contributed by atoms with E-state index >= 15 is 0 Å². The first-order valence-corrected chi connectivity index (χ1v) is 8.22. The van der Waals surface area contributed by atoms with Crippen LogP contribution in [-0.4, -0.2) is 33.9 Å². The van der Waals surface area contributed by atoms with Crippen LogP contribution in [0.1, 0.15) is 24.1 Å². The molecule has 1 unspecified atom stereocenters. The largest absolute Gasteiger partial charge is 0.339 e. The molecule has 128 valence electrons. The molecule has 1 aliphatic heterocycles. The number of halogens is 2. The van der Waals surface area contributed by atoms with E-state index in [4.69, 9.17) is 17.3 Å². The molecule has 1 fully saturated rings. The highest BCUT2D eigenvalue weighted by atomic mass is 35.5. The van der Waals surface area contributed by atoms with Gasteiger partial charge in [0.25, 0.3) is 5.56 Å². The van der Waals surface area contributed by atoms with Crippen molar-refractivity contribution in [3.05, 3.63) is 50.7 Å². The molecule has 8 heteroatoms. The maximum absolute atomic E-state index is 13.5. The van der Waals surface area contributed by atoms with Crippen molar-refractivity contribution >= 4 is 17.5 Å². The predicted octanol–water partition coefficient (Wildman–Crippen LogP) is 1.72. The second-order valence-electron chi connectivity index (χ2n) is 6.06. The van der Waals surface area contributed by atoms with Gasteiger partial charge in [-0.05, 0) is 43.5 Å². The van der Waals surface area contributed by atoms with Crippen LogP contribution in [0.25, 0.3) is 0 Å². The Kier molecular flexibility index (Phi) is 4.82. The Balaban J connectivity index is 2.03. The molecule has 0 radical (unpaired) electrons. The van der Waals surface area contributed by atoms with Crippen molar-refractivity contribution in [1.82, 2.24) is 14.8 Å². The van der Waals surface area contributed by atoms with E-state index in [1.165, 1.54) is 22.8 Å². The van der Waals surface area contributed by atoms with Crippen LogP contribution in [0.2, 0.25) is 5.02 Å². The lowest BCUT2D eigenvalue weighted by Crippen LogP contribution is -2.46. The summed E-state index contributed by atoms with van der Waals surface area (Å²) in [5.41, 5.74) is 6.57. The van der Waals surface area contributed by atoms with E-state index < -0.39 is 5.82 Å². The maximum Gasteiger partial charge on any atom is 0.276 e. The van der Waals surface area contributed by atoms with Crippen LogP contribution in [0.3, 0.4) is 0 Å². The monoisotopic (exact) mass is 351 g/mol. The molecule has 3 rings (SSSR count). The molecule has 2 aromatic rings. The van der Waals surface area contributed by atoms with Gasteiger partial charge in [-0.1, -0.05) is 11.6 Å². The number of nitrogens with zero attached hydrogens (tertiary/aromatic N) is 4. The molecule has 0 aliphatic carbocycles. The zero-order valence-electron chi connectivity index (χ0n) is 13.4. The lowest BCUT2D eigenvalue weighted by Gasteiger charge is -2.32. The highest BCUT2D eigenvalue weighted by molar-refractivity contribution is 6.31. The van der Waals surface area contributed by atoms with Crippen molar-refractivity contribution < 1.29 is 4.39 Å². The fraction of sp³-hybridized carbons (Fsp3) is 0.438. The van der Waals surface area contributed by atoms with E-state index in [9.17, 15) is 9.18 Å². The minimum atomic E-state index is -0.400. The first-order valence-electron chi connectivity index (χ1n) is 7.84. The van der Waals surface area contributed by atoms with Crippen molar-refractivity contribution in [3.63, 3.8) is 0 Å². The number of aromatic nitrogens is 3. The van der Waals surface area contributed by atoms with E-state index in [2.05, 4.69) is 10.2 Å². The van der Waals surface area contributed by atoms with Gasteiger partial charge in [0.1, 0.15) is 11.5 Å². The maximum atomic E-state index is 13.5. The van der Waals surface area contributed by atoms with Crippen molar-refractivity contribution in [2.24, 2.45) is 5.73 Å². The average Bonchev–Trinajstić information content (AvgIpc) is 2.55. The zero-order valence-corrected chi connectivity index (χ0v) is 14.1. The molecule has 6 nitrogen and oxygen atoms in total. The number of hydrogen-bond acceptors (Lipinski definition) is 5. The molecule has 1 aliphatic rings. The van der Waals surface area contributed by atoms with Gasteiger partial charge in [-0.25, -0.2) is 4.39 Å². The van der Waals surface area contributed by atoms with Crippen molar-refractivity contribution in [1.29, 1.82) is 0 Å². The second-order valence-corrected chi connectivity index (χ2v) is 6.47. The predicted molar refractivity (Wildman–Crippen MR) is 91.0 cm³/mol. The lowest BCUT2D eigenvalue weighted by molar-refractivity contribution is 0.487. The Labute approximate surface area is 144 Å². The van der Waals surface area contributed by atoms with Gasteiger partial charge in [0.05, 0.1) is 6.54 Å². The second kappa shape index (κ2) is 6.86. The van der Waals surface area contributed by atoms with Crippen LogP contribution in [0.4, 0.5) is 10.3 Å². The molecule has 0 amide bonds. The Bertz CT molecular complexity index is 810. The quantitative estimate of drug-likeness (QED) is 0.911. The van der Waals surface area contributed by atoms with Crippen molar-refractivity contribution in [3.8, 4) is 0 Å². The Morgan fingerprint density at radius 1 is 1.42 bits per heavy atom. The first kappa shape index (κ1) is 16.9. The molecular formula is C16H19ClFN5O. The smallest absolute Gasteiger partial charge is 0.276 e. The summed E-state index contributed by atoms with van der Waals surface area (Å²) in [6.45, 7) is 3.09. The number of nitrogens with two attached hydrogens (primary N) is 1. The first-order chi connectivity index (χ1) is 11.5. The minimum absolute atomic E-state index is 0.0307. The molecule has 24 heavy (non-hydrogen) atoms. The highest BCUT2D eigenvalue weighted by Gasteiger charge is 2.22. The number of hydrogen-bond donors (Lipinski definition) is 1. The Hall–Kier alpha value is -1.99. The van der Waals surface area contributed by atoms with E-state index in [0.717, 1.165) is 19.4 Å². The molecule has 2 N–H and O–H groups in total. The summed E-state index contributed by atoms with van der Waals surface area (Å²) in [4.78, 5) is 14.5. The number of rotatable bonds is 3. The fourth-order valence-corrected chi connectivity index (χ4v) is 3.08. The zero-order chi connectivity index (χ0) is 17.3. The van der Waals surface area contributed by atoms with E-state index in [1.807, 2.05) is 4.90 Å². The Morgan fingerprint density at radius 3 is 2.96 bits per heavy atom. The third kappa shape index (κ3) is 3.42. The lowest BCUT2D eigenvalue weighted by atomic mass is 10.1. The molecular weight excluding hydrogens is 333 g/mol. The summed E-state index contributed by atoms with van der Waals surface area (Å²) >= 11 is 6.15. The van der Waals surface area contributed by atoms with Crippen LogP contribution in [0.15, 0.2) is 23.0 Å². The molecule has 0 bridgehead atoms. The molecule has 1 saturated heterocycles. The molecule has 0 saturated carbocycles. The summed E-state index contributed by atoms with van der Waals surface area (Å²) in [7, 11) is 0. The van der Waals surface area contributed by atoms with Crippen LogP contribution in [0, 0.1) is 12.7 Å². The van der Waals surface area contributed by atoms with Crippen molar-refractivity contribution in [2.75, 3.05) is 18.0 Å². The summed E-state index contributed by atoms with van der Waals surface area (Å²) in [5.74, 6) is 0.0452. The summed E-state index contributed by atoms with van der Waals surface area (Å²) in [6, 6.07) is 4.13. The topological polar surface area (TPSA) is 77.0 Å². The van der Waals surface area contributed by atoms with E-state index in [0.29, 0.717) is 23.1 Å². The summed E-state index contributed by atoms with van der Waals surface area (Å²) in [5, 5.41) is 8.54. The molecule has 0 spiro atoms. The van der Waals surface area contributed by atoms with Crippen molar-refractivity contribution in [2.45, 2.75) is 32.4 Å². The third-order valence-corrected chi connectivity index (χ3v) is 4.53. The summed E-state index contributed by atoms with van der Waals surface area (Å²) in [6.07, 6.45) is 1.86. The average molecular weight is 352 g/mol. The number of anilines is 1. The summed E-state index contributed by atoms with van der Waals surface area (Å²) < 4.78 is 15.0. The van der Waals surface area contributed by atoms with Gasteiger partial charge in [0, 0.05) is 24.2 Å². The van der Waals surface area contributed by atoms with Gasteiger partial charge in [0.15, 0.2) is 0 Å². The van der Waals surface area contributed by atoms with Crippen LogP contribution in [0.5, 0.6) is 0 Å². The van der Waals surface area contributed by atoms with Gasteiger partial charge >= 0.3 is 0 Å². The normalized spacial score (nSPS) is 18.0. The van der Waals surface area contributed by atoms with Gasteiger partial charge < -0.3 is 10.6 Å². The molecule has 1 atom stereocenters. The molecule has 2 heterocycles. The molecule has 1 aromatic carbocycles. The fourth-order valence-electron chi connectivity index (χ4n) is 2.91. The number of piperidine rings is 1. The van der Waals surface area contributed by atoms with Crippen LogP contribution >= 0.6 is 11.6 Å². The number of aryl methyl sites for hydroxylation is 1.